The van der Waals surface area contributed by atoms with Crippen molar-refractivity contribution in [3.63, 3.8) is 0 Å². The number of benzene rings is 1. The minimum absolute atomic E-state index is 0.0925. The van der Waals surface area contributed by atoms with E-state index in [4.69, 9.17) is 5.11 Å². The largest absolute Gasteiger partial charge is 0.507 e. The quantitative estimate of drug-likeness (QED) is 0.896. The van der Waals surface area contributed by atoms with Crippen LogP contribution in [0.1, 0.15) is 36.0 Å². The van der Waals surface area contributed by atoms with E-state index >= 15 is 0 Å². The summed E-state index contributed by atoms with van der Waals surface area (Å²) < 4.78 is 0.831. The summed E-state index contributed by atoms with van der Waals surface area (Å²) in [6.45, 7) is 5.37. The average Bonchev–Trinajstić information content (AvgIpc) is 2.21. The Balaban J connectivity index is 3.47. The lowest BCUT2D eigenvalue weighted by Gasteiger charge is -2.18. The highest BCUT2D eigenvalue weighted by Gasteiger charge is 2.25. The van der Waals surface area contributed by atoms with Gasteiger partial charge in [-0.3, -0.25) is 4.79 Å². The van der Waals surface area contributed by atoms with Crippen LogP contribution in [-0.2, 0) is 4.79 Å². The predicted octanol–water partition coefficient (Wildman–Crippen LogP) is 3.35. The van der Waals surface area contributed by atoms with Crippen molar-refractivity contribution in [1.29, 1.82) is 0 Å². The molecule has 1 atom stereocenters. The highest BCUT2D eigenvalue weighted by atomic mass is 79.9. The fourth-order valence-electron chi connectivity index (χ4n) is 1.81. The Morgan fingerprint density at radius 1 is 1.50 bits per heavy atom. The maximum absolute atomic E-state index is 11.1. The first kappa shape index (κ1) is 13.0. The molecular formula is C12H15BrO3. The number of halogens is 1. The van der Waals surface area contributed by atoms with E-state index in [2.05, 4.69) is 15.9 Å². The van der Waals surface area contributed by atoms with E-state index in [-0.39, 0.29) is 5.75 Å². The van der Waals surface area contributed by atoms with E-state index in [0.29, 0.717) is 17.5 Å². The van der Waals surface area contributed by atoms with Gasteiger partial charge in [-0.25, -0.2) is 0 Å². The van der Waals surface area contributed by atoms with Crippen LogP contribution in [0.25, 0.3) is 0 Å². The van der Waals surface area contributed by atoms with E-state index in [9.17, 15) is 9.90 Å². The van der Waals surface area contributed by atoms with Crippen molar-refractivity contribution in [2.75, 3.05) is 0 Å². The number of hydrogen-bond acceptors (Lipinski definition) is 2. The fourth-order valence-corrected chi connectivity index (χ4v) is 2.37. The summed E-state index contributed by atoms with van der Waals surface area (Å²) in [5, 5.41) is 19.1. The molecule has 0 fully saturated rings. The monoisotopic (exact) mass is 286 g/mol. The van der Waals surface area contributed by atoms with E-state index in [1.165, 1.54) is 0 Å². The van der Waals surface area contributed by atoms with Crippen molar-refractivity contribution < 1.29 is 15.0 Å². The molecule has 1 aromatic carbocycles. The maximum Gasteiger partial charge on any atom is 0.311 e. The number of aryl methyl sites for hydroxylation is 1. The molecule has 4 heteroatoms. The molecule has 0 aromatic heterocycles. The van der Waals surface area contributed by atoms with Crippen molar-refractivity contribution in [3.05, 3.63) is 27.2 Å². The van der Waals surface area contributed by atoms with Gasteiger partial charge in [0, 0.05) is 10.0 Å². The van der Waals surface area contributed by atoms with Crippen LogP contribution in [0.3, 0.4) is 0 Å². The van der Waals surface area contributed by atoms with Gasteiger partial charge in [-0.2, -0.15) is 0 Å². The van der Waals surface area contributed by atoms with Crippen molar-refractivity contribution in [2.24, 2.45) is 0 Å². The van der Waals surface area contributed by atoms with Gasteiger partial charge in [0.15, 0.2) is 0 Å². The molecule has 3 nitrogen and oxygen atoms in total. The standard InChI is InChI=1S/C12H15BrO3/c1-4-8(12(15)16)10-7(3)9(13)5-6(2)11(10)14/h5,8,14H,4H2,1-3H3,(H,15,16). The SMILES string of the molecule is CCC(C(=O)O)c1c(C)c(Br)cc(C)c1O. The van der Waals surface area contributed by atoms with Gasteiger partial charge in [-0.15, -0.1) is 0 Å². The summed E-state index contributed by atoms with van der Waals surface area (Å²) in [5.41, 5.74) is 1.99. The van der Waals surface area contributed by atoms with Crippen molar-refractivity contribution in [3.8, 4) is 5.75 Å². The van der Waals surface area contributed by atoms with Gasteiger partial charge < -0.3 is 10.2 Å². The molecule has 0 aliphatic rings. The third kappa shape index (κ3) is 2.21. The second-order valence-electron chi connectivity index (χ2n) is 3.86. The first-order valence-corrected chi connectivity index (χ1v) is 5.90. The smallest absolute Gasteiger partial charge is 0.311 e. The van der Waals surface area contributed by atoms with E-state index in [0.717, 1.165) is 10.0 Å². The third-order valence-corrected chi connectivity index (χ3v) is 3.61. The minimum Gasteiger partial charge on any atom is -0.507 e. The Morgan fingerprint density at radius 3 is 2.50 bits per heavy atom. The topological polar surface area (TPSA) is 57.5 Å². The number of hydrogen-bond donors (Lipinski definition) is 2. The second-order valence-corrected chi connectivity index (χ2v) is 4.72. The maximum atomic E-state index is 11.1. The molecule has 1 rings (SSSR count). The zero-order valence-corrected chi connectivity index (χ0v) is 11.1. The molecule has 1 aromatic rings. The molecule has 0 spiro atoms. The Kier molecular flexibility index (Phi) is 3.97. The first-order valence-electron chi connectivity index (χ1n) is 5.11. The van der Waals surface area contributed by atoms with Gasteiger partial charge in [0.25, 0.3) is 0 Å². The van der Waals surface area contributed by atoms with E-state index in [1.54, 1.807) is 19.9 Å². The molecule has 0 amide bonds. The number of phenols is 1. The number of aliphatic carboxylic acids is 1. The summed E-state index contributed by atoms with van der Waals surface area (Å²) in [5.74, 6) is -1.47. The highest BCUT2D eigenvalue weighted by Crippen LogP contribution is 2.37. The summed E-state index contributed by atoms with van der Waals surface area (Å²) >= 11 is 3.37. The summed E-state index contributed by atoms with van der Waals surface area (Å²) in [7, 11) is 0. The number of rotatable bonds is 3. The Bertz CT molecular complexity index is 401. The molecule has 0 saturated heterocycles. The summed E-state index contributed by atoms with van der Waals surface area (Å²) in [6, 6.07) is 1.79. The van der Waals surface area contributed by atoms with E-state index < -0.39 is 11.9 Å². The minimum atomic E-state index is -0.904. The number of carbonyl (C=O) groups is 1. The van der Waals surface area contributed by atoms with Gasteiger partial charge in [0.05, 0.1) is 5.92 Å². The second kappa shape index (κ2) is 4.87. The van der Waals surface area contributed by atoms with Crippen LogP contribution in [-0.4, -0.2) is 16.2 Å². The normalized spacial score (nSPS) is 12.5. The zero-order chi connectivity index (χ0) is 12.5. The molecule has 0 heterocycles. The lowest BCUT2D eigenvalue weighted by atomic mass is 9.90. The first-order chi connectivity index (χ1) is 7.40. The Morgan fingerprint density at radius 2 is 2.06 bits per heavy atom. The zero-order valence-electron chi connectivity index (χ0n) is 9.54. The molecule has 88 valence electrons. The number of aromatic hydroxyl groups is 1. The van der Waals surface area contributed by atoms with Crippen LogP contribution in [0.15, 0.2) is 10.5 Å². The van der Waals surface area contributed by atoms with Crippen molar-refractivity contribution >= 4 is 21.9 Å². The van der Waals surface area contributed by atoms with Crippen LogP contribution in [0.5, 0.6) is 5.75 Å². The molecule has 0 saturated carbocycles. The summed E-state index contributed by atoms with van der Waals surface area (Å²) in [6.07, 6.45) is 0.458. The lowest BCUT2D eigenvalue weighted by molar-refractivity contribution is -0.138. The predicted molar refractivity (Wildman–Crippen MR) is 65.9 cm³/mol. The number of phenolic OH excluding ortho intramolecular Hbond substituents is 1. The van der Waals surface area contributed by atoms with Gasteiger partial charge in [0.2, 0.25) is 0 Å². The Labute approximate surface area is 103 Å². The fraction of sp³-hybridized carbons (Fsp3) is 0.417. The van der Waals surface area contributed by atoms with Crippen LogP contribution in [0.4, 0.5) is 0 Å². The van der Waals surface area contributed by atoms with Crippen LogP contribution in [0.2, 0.25) is 0 Å². The molecule has 1 unspecified atom stereocenters. The number of carboxylic acid groups (broad SMARTS) is 1. The molecule has 0 aliphatic heterocycles. The van der Waals surface area contributed by atoms with Crippen LogP contribution >= 0.6 is 15.9 Å². The Hall–Kier alpha value is -1.03. The highest BCUT2D eigenvalue weighted by molar-refractivity contribution is 9.10. The van der Waals surface area contributed by atoms with Gasteiger partial charge in [-0.05, 0) is 37.5 Å². The molecule has 0 radical (unpaired) electrons. The molecular weight excluding hydrogens is 272 g/mol. The van der Waals surface area contributed by atoms with Gasteiger partial charge >= 0.3 is 5.97 Å². The molecule has 16 heavy (non-hydrogen) atoms. The van der Waals surface area contributed by atoms with Crippen molar-refractivity contribution in [1.82, 2.24) is 0 Å². The van der Waals surface area contributed by atoms with Gasteiger partial charge in [0.1, 0.15) is 5.75 Å². The van der Waals surface area contributed by atoms with Crippen LogP contribution < -0.4 is 0 Å². The summed E-state index contributed by atoms with van der Waals surface area (Å²) in [4.78, 5) is 11.1. The average molecular weight is 287 g/mol. The molecule has 2 N–H and O–H groups in total. The van der Waals surface area contributed by atoms with Gasteiger partial charge in [-0.1, -0.05) is 22.9 Å². The lowest BCUT2D eigenvalue weighted by Crippen LogP contribution is -2.12. The molecule has 0 bridgehead atoms. The van der Waals surface area contributed by atoms with Crippen LogP contribution in [0, 0.1) is 13.8 Å². The van der Waals surface area contributed by atoms with Crippen molar-refractivity contribution in [2.45, 2.75) is 33.1 Å². The molecule has 0 aliphatic carbocycles. The number of carboxylic acids is 1. The third-order valence-electron chi connectivity index (χ3n) is 2.79. The van der Waals surface area contributed by atoms with E-state index in [1.807, 2.05) is 6.92 Å².